The second kappa shape index (κ2) is 12.2. The average Bonchev–Trinajstić information content (AvgIpc) is 3.59. The van der Waals surface area contributed by atoms with E-state index in [1.807, 2.05) is 32.9 Å². The Morgan fingerprint density at radius 2 is 1.95 bits per heavy atom. The van der Waals surface area contributed by atoms with Crippen LogP contribution < -0.4 is 5.32 Å². The number of esters is 1. The van der Waals surface area contributed by atoms with E-state index in [9.17, 15) is 14.7 Å². The summed E-state index contributed by atoms with van der Waals surface area (Å²) >= 11 is 0. The fourth-order valence-corrected chi connectivity index (χ4v) is 5.06. The van der Waals surface area contributed by atoms with Crippen LogP contribution in [-0.4, -0.2) is 78.6 Å². The summed E-state index contributed by atoms with van der Waals surface area (Å²) in [7, 11) is 1.60. The maximum absolute atomic E-state index is 12.3. The number of nitrogens with one attached hydrogen (secondary N) is 1. The lowest BCUT2D eigenvalue weighted by Gasteiger charge is -2.42. The van der Waals surface area contributed by atoms with Crippen molar-refractivity contribution in [3.63, 3.8) is 0 Å². The first kappa shape index (κ1) is 29.5. The molecule has 9 atom stereocenters. The number of rotatable bonds is 9. The summed E-state index contributed by atoms with van der Waals surface area (Å²) in [6.45, 7) is 11.5. The van der Waals surface area contributed by atoms with Gasteiger partial charge in [-0.1, -0.05) is 30.7 Å². The quantitative estimate of drug-likeness (QED) is 0.206. The van der Waals surface area contributed by atoms with Crippen LogP contribution in [0.5, 0.6) is 0 Å². The summed E-state index contributed by atoms with van der Waals surface area (Å²) in [6.07, 6.45) is 9.09. The van der Waals surface area contributed by atoms with E-state index >= 15 is 0 Å². The highest BCUT2D eigenvalue weighted by atomic mass is 16.7. The van der Waals surface area contributed by atoms with Crippen LogP contribution in [0.2, 0.25) is 0 Å². The Kier molecular flexibility index (Phi) is 9.74. The summed E-state index contributed by atoms with van der Waals surface area (Å²) in [6, 6.07) is -0.102. The van der Waals surface area contributed by atoms with Crippen LogP contribution in [-0.2, 0) is 33.3 Å². The molecule has 1 spiro atoms. The first-order valence-corrected chi connectivity index (χ1v) is 13.1. The van der Waals surface area contributed by atoms with E-state index in [1.54, 1.807) is 20.1 Å². The third kappa shape index (κ3) is 7.97. The second-order valence-corrected chi connectivity index (χ2v) is 10.8. The average molecular weight is 522 g/mol. The van der Waals surface area contributed by atoms with Gasteiger partial charge >= 0.3 is 5.97 Å². The van der Waals surface area contributed by atoms with Crippen LogP contribution in [0, 0.1) is 5.92 Å². The number of epoxide rings is 1. The monoisotopic (exact) mass is 521 g/mol. The summed E-state index contributed by atoms with van der Waals surface area (Å²) in [4.78, 5) is 23.3. The molecule has 3 fully saturated rings. The molecule has 3 heterocycles. The largest absolute Gasteiger partial charge is 0.459 e. The number of ether oxygens (including phenoxy) is 5. The van der Waals surface area contributed by atoms with Gasteiger partial charge in [-0.15, -0.1) is 0 Å². The van der Waals surface area contributed by atoms with E-state index < -0.39 is 29.7 Å². The molecule has 1 amide bonds. The van der Waals surface area contributed by atoms with Crippen LogP contribution in [0.4, 0.5) is 0 Å². The number of carbonyl (C=O) groups excluding carboxylic acids is 2. The number of allylic oxidation sites excluding steroid dienone is 2. The lowest BCUT2D eigenvalue weighted by atomic mass is 9.87. The molecule has 0 radical (unpaired) electrons. The van der Waals surface area contributed by atoms with E-state index in [0.717, 1.165) is 18.4 Å². The molecular formula is C28H43NO8. The summed E-state index contributed by atoms with van der Waals surface area (Å²) < 4.78 is 28.4. The van der Waals surface area contributed by atoms with Crippen molar-refractivity contribution >= 4 is 11.9 Å². The number of aliphatic hydroxyl groups excluding tert-OH is 1. The number of methoxy groups -OCH3 is 1. The van der Waals surface area contributed by atoms with Gasteiger partial charge in [0.2, 0.25) is 5.91 Å². The Bertz CT molecular complexity index is 910. The Balaban J connectivity index is 1.50. The Labute approximate surface area is 220 Å². The summed E-state index contributed by atoms with van der Waals surface area (Å²) in [5.74, 6) is -1.18. The van der Waals surface area contributed by atoms with Gasteiger partial charge in [-0.2, -0.15) is 0 Å². The number of hydrogen-bond donors (Lipinski definition) is 2. The minimum absolute atomic E-state index is 0.0301. The molecule has 3 aliphatic rings. The maximum atomic E-state index is 12.3. The normalized spacial score (nSPS) is 39.2. The first-order valence-electron chi connectivity index (χ1n) is 13.1. The van der Waals surface area contributed by atoms with Gasteiger partial charge in [0.25, 0.3) is 0 Å². The third-order valence-corrected chi connectivity index (χ3v) is 7.44. The van der Waals surface area contributed by atoms with E-state index in [0.29, 0.717) is 13.0 Å². The zero-order valence-corrected chi connectivity index (χ0v) is 23.1. The second-order valence-electron chi connectivity index (χ2n) is 10.8. The maximum Gasteiger partial charge on any atom is 0.303 e. The molecule has 0 bridgehead atoms. The fourth-order valence-electron chi connectivity index (χ4n) is 5.06. The smallest absolute Gasteiger partial charge is 0.303 e. The van der Waals surface area contributed by atoms with Crippen LogP contribution in [0.3, 0.4) is 0 Å². The van der Waals surface area contributed by atoms with Crippen molar-refractivity contribution in [3.8, 4) is 0 Å². The molecule has 2 N–H and O–H groups in total. The fraction of sp³-hybridized carbons (Fsp3) is 0.714. The van der Waals surface area contributed by atoms with Gasteiger partial charge in [-0.3, -0.25) is 9.59 Å². The summed E-state index contributed by atoms with van der Waals surface area (Å²) in [5, 5.41) is 13.7. The van der Waals surface area contributed by atoms with Gasteiger partial charge in [0.05, 0.1) is 24.9 Å². The van der Waals surface area contributed by atoms with E-state index in [-0.39, 0.29) is 36.0 Å². The Hall–Kier alpha value is -2.04. The lowest BCUT2D eigenvalue weighted by Crippen LogP contribution is -2.55. The Morgan fingerprint density at radius 3 is 2.57 bits per heavy atom. The van der Waals surface area contributed by atoms with Crippen LogP contribution in [0.1, 0.15) is 60.8 Å². The molecule has 3 rings (SSSR count). The molecule has 1 unspecified atom stereocenters. The van der Waals surface area contributed by atoms with Gasteiger partial charge in [-0.25, -0.2) is 0 Å². The molecule has 0 aliphatic carbocycles. The molecule has 9 nitrogen and oxygen atoms in total. The van der Waals surface area contributed by atoms with E-state index in [2.05, 4.69) is 18.3 Å². The molecule has 3 aliphatic heterocycles. The minimum Gasteiger partial charge on any atom is -0.459 e. The molecule has 0 aromatic heterocycles. The zero-order valence-electron chi connectivity index (χ0n) is 23.1. The number of amides is 1. The van der Waals surface area contributed by atoms with Gasteiger partial charge in [0.1, 0.15) is 23.9 Å². The predicted octanol–water partition coefficient (Wildman–Crippen LogP) is 2.97. The third-order valence-electron chi connectivity index (χ3n) is 7.44. The molecular weight excluding hydrogens is 478 g/mol. The van der Waals surface area contributed by atoms with Crippen LogP contribution in [0.15, 0.2) is 36.0 Å². The van der Waals surface area contributed by atoms with Gasteiger partial charge in [-0.05, 0) is 52.5 Å². The number of carbonyl (C=O) groups is 2. The predicted molar refractivity (Wildman–Crippen MR) is 138 cm³/mol. The zero-order chi connectivity index (χ0) is 27.4. The SMILES string of the molecule is CO[C@]1(C)C[C@]2(CO2)[C@H](O)[C@@H](/C=C/C(C)=C/C[C@@H]2O[C@H](C)[C@H](NC(=O)/C=C/C(C)OC(C)=O)C[C@@H]2C)O1. The van der Waals surface area contributed by atoms with Crippen LogP contribution in [0.25, 0.3) is 0 Å². The lowest BCUT2D eigenvalue weighted by molar-refractivity contribution is -0.284. The first-order chi connectivity index (χ1) is 17.4. The molecule has 37 heavy (non-hydrogen) atoms. The van der Waals surface area contributed by atoms with Gasteiger partial charge in [0, 0.05) is 26.5 Å². The number of hydrogen-bond acceptors (Lipinski definition) is 8. The van der Waals surface area contributed by atoms with Crippen molar-refractivity contribution in [2.45, 2.75) is 109 Å². The topological polar surface area (TPSA) is 116 Å². The van der Waals surface area contributed by atoms with Crippen molar-refractivity contribution in [3.05, 3.63) is 36.0 Å². The van der Waals surface area contributed by atoms with Crippen LogP contribution >= 0.6 is 0 Å². The van der Waals surface area contributed by atoms with E-state index in [1.165, 1.54) is 13.0 Å². The van der Waals surface area contributed by atoms with Gasteiger partial charge < -0.3 is 34.1 Å². The standard InChI is InChI=1S/C28H43NO8/c1-17(9-12-24-26(32)28(16-34-28)15-27(6,33-7)37-24)8-11-23-18(2)14-22(20(4)36-23)29-25(31)13-10-19(3)35-21(5)30/h8-10,12-13,18-20,22-24,26,32H,11,14-16H2,1-7H3,(H,29,31)/b12-9+,13-10+,17-8+/t18-,19?,20+,22+,23-,24+,26+,27-,28-/m0/s1. The molecule has 3 saturated heterocycles. The van der Waals surface area contributed by atoms with Gasteiger partial charge in [0.15, 0.2) is 5.79 Å². The highest BCUT2D eigenvalue weighted by Gasteiger charge is 2.61. The molecule has 9 heteroatoms. The van der Waals surface area contributed by atoms with Crippen molar-refractivity contribution < 1.29 is 38.4 Å². The van der Waals surface area contributed by atoms with Crippen molar-refractivity contribution in [2.24, 2.45) is 5.92 Å². The van der Waals surface area contributed by atoms with Crippen molar-refractivity contribution in [2.75, 3.05) is 13.7 Å². The Morgan fingerprint density at radius 1 is 1.24 bits per heavy atom. The van der Waals surface area contributed by atoms with Crippen molar-refractivity contribution in [1.29, 1.82) is 0 Å². The highest BCUT2D eigenvalue weighted by Crippen LogP contribution is 2.46. The summed E-state index contributed by atoms with van der Waals surface area (Å²) in [5.41, 5.74) is 0.455. The molecule has 0 aromatic rings. The molecule has 0 saturated carbocycles. The minimum atomic E-state index is -0.799. The number of aliphatic hydroxyl groups is 1. The molecule has 0 aromatic carbocycles. The highest BCUT2D eigenvalue weighted by molar-refractivity contribution is 5.87. The van der Waals surface area contributed by atoms with E-state index in [4.69, 9.17) is 23.7 Å². The van der Waals surface area contributed by atoms with Crippen molar-refractivity contribution in [1.82, 2.24) is 5.32 Å². The molecule has 208 valence electrons.